The summed E-state index contributed by atoms with van der Waals surface area (Å²) < 4.78 is 7.38. The van der Waals surface area contributed by atoms with Crippen molar-refractivity contribution in [3.63, 3.8) is 0 Å². The smallest absolute Gasteiger partial charge is 0.223 e. The first-order chi connectivity index (χ1) is 17.0. The fourth-order valence-electron chi connectivity index (χ4n) is 4.75. The van der Waals surface area contributed by atoms with Crippen LogP contribution in [0.2, 0.25) is 0 Å². The average Bonchev–Trinajstić information content (AvgIpc) is 3.48. The highest BCUT2D eigenvalue weighted by Crippen LogP contribution is 2.29. The number of carbonyl (C=O) groups excluding carboxylic acids is 1. The van der Waals surface area contributed by atoms with Crippen LogP contribution in [0.3, 0.4) is 0 Å². The third-order valence-corrected chi connectivity index (χ3v) is 6.70. The zero-order chi connectivity index (χ0) is 23.9. The van der Waals surface area contributed by atoms with Gasteiger partial charge < -0.3 is 20.4 Å². The molecule has 5 heterocycles. The Morgan fingerprint density at radius 1 is 1.17 bits per heavy atom. The second-order valence-electron chi connectivity index (χ2n) is 9.29. The van der Waals surface area contributed by atoms with Crippen LogP contribution in [0.1, 0.15) is 11.4 Å². The molecule has 0 aliphatic carbocycles. The normalized spacial score (nSPS) is 17.1. The number of likely N-dealkylation sites (tertiary alicyclic amines) is 1. The van der Waals surface area contributed by atoms with Crippen LogP contribution < -0.4 is 10.6 Å². The zero-order valence-corrected chi connectivity index (χ0v) is 19.6. The monoisotopic (exact) mass is 472 g/mol. The minimum atomic E-state index is -0.240. The molecule has 2 aliphatic rings. The van der Waals surface area contributed by atoms with Gasteiger partial charge in [-0.2, -0.15) is 5.10 Å². The zero-order valence-electron chi connectivity index (χ0n) is 19.6. The average molecular weight is 473 g/mol. The first kappa shape index (κ1) is 21.8. The van der Waals surface area contributed by atoms with Gasteiger partial charge in [0.2, 0.25) is 5.91 Å². The number of primary amides is 1. The van der Waals surface area contributed by atoms with Crippen LogP contribution >= 0.6 is 0 Å². The lowest BCUT2D eigenvalue weighted by atomic mass is 10.00. The molecule has 3 aromatic heterocycles. The van der Waals surface area contributed by atoms with Crippen molar-refractivity contribution in [2.45, 2.75) is 13.5 Å². The van der Waals surface area contributed by atoms with Crippen molar-refractivity contribution in [3.8, 4) is 17.1 Å². The number of benzene rings is 1. The Kier molecular flexibility index (Phi) is 5.46. The number of aryl methyl sites for hydroxylation is 1. The van der Waals surface area contributed by atoms with Gasteiger partial charge in [0, 0.05) is 44.0 Å². The molecule has 6 rings (SSSR count). The van der Waals surface area contributed by atoms with Gasteiger partial charge in [0.15, 0.2) is 11.5 Å². The van der Waals surface area contributed by atoms with Crippen LogP contribution in [0.15, 0.2) is 42.6 Å². The Balaban J connectivity index is 1.35. The molecule has 2 saturated heterocycles. The molecule has 1 aromatic carbocycles. The molecule has 0 radical (unpaired) electrons. The summed E-state index contributed by atoms with van der Waals surface area (Å²) in [5, 5.41) is 4.81. The van der Waals surface area contributed by atoms with E-state index in [9.17, 15) is 4.79 Å². The largest absolute Gasteiger partial charge is 0.378 e. The van der Waals surface area contributed by atoms with Crippen molar-refractivity contribution >= 4 is 22.8 Å². The van der Waals surface area contributed by atoms with E-state index in [0.717, 1.165) is 41.4 Å². The molecule has 0 unspecified atom stereocenters. The van der Waals surface area contributed by atoms with E-state index in [1.807, 2.05) is 23.0 Å². The van der Waals surface area contributed by atoms with E-state index in [0.29, 0.717) is 44.3 Å². The van der Waals surface area contributed by atoms with E-state index < -0.39 is 0 Å². The molecule has 4 aromatic rings. The number of H-pyrrole nitrogens is 1. The highest BCUT2D eigenvalue weighted by molar-refractivity contribution is 5.87. The number of fused-ring (bicyclic) bond motifs is 1. The molecule has 1 amide bonds. The van der Waals surface area contributed by atoms with Gasteiger partial charge in [-0.1, -0.05) is 23.8 Å². The van der Waals surface area contributed by atoms with Crippen LogP contribution in [-0.4, -0.2) is 74.9 Å². The van der Waals surface area contributed by atoms with Gasteiger partial charge in [-0.15, -0.1) is 0 Å². The standard InChI is InChI=1S/C25H28N8O2/c1-16-3-2-4-17(11-16)19-5-6-33(30-19)22-12-20(32-7-9-35-10-8-32)23-25(29-22)28-21(27-23)15-31-13-18(14-31)24(26)34/h2-6,11-12,18H,7-10,13-15H2,1H3,(H2,26,34)(H,27,28,29). The van der Waals surface area contributed by atoms with Crippen LogP contribution in [0.4, 0.5) is 5.69 Å². The van der Waals surface area contributed by atoms with Crippen molar-refractivity contribution in [3.05, 3.63) is 54.0 Å². The molecule has 0 bridgehead atoms. The van der Waals surface area contributed by atoms with Gasteiger partial charge in [-0.3, -0.25) is 9.69 Å². The Morgan fingerprint density at radius 2 is 2.00 bits per heavy atom. The summed E-state index contributed by atoms with van der Waals surface area (Å²) >= 11 is 0. The number of nitrogens with one attached hydrogen (secondary N) is 1. The van der Waals surface area contributed by atoms with E-state index in [1.54, 1.807) is 0 Å². The van der Waals surface area contributed by atoms with Crippen LogP contribution in [-0.2, 0) is 16.1 Å². The number of aromatic nitrogens is 5. The summed E-state index contributed by atoms with van der Waals surface area (Å²) in [5.41, 5.74) is 11.2. The predicted octanol–water partition coefficient (Wildman–Crippen LogP) is 1.87. The fourth-order valence-corrected chi connectivity index (χ4v) is 4.75. The first-order valence-corrected chi connectivity index (χ1v) is 11.9. The van der Waals surface area contributed by atoms with Gasteiger partial charge in [0.1, 0.15) is 11.3 Å². The number of hydrogen-bond acceptors (Lipinski definition) is 7. The van der Waals surface area contributed by atoms with Gasteiger partial charge in [0.25, 0.3) is 0 Å². The van der Waals surface area contributed by atoms with E-state index >= 15 is 0 Å². The highest BCUT2D eigenvalue weighted by Gasteiger charge is 2.31. The summed E-state index contributed by atoms with van der Waals surface area (Å²) in [6, 6.07) is 12.4. The molecular formula is C25H28N8O2. The van der Waals surface area contributed by atoms with Crippen LogP contribution in [0.5, 0.6) is 0 Å². The van der Waals surface area contributed by atoms with Crippen LogP contribution in [0, 0.1) is 12.8 Å². The number of carbonyl (C=O) groups is 1. The predicted molar refractivity (Wildman–Crippen MR) is 132 cm³/mol. The van der Waals surface area contributed by atoms with Crippen molar-refractivity contribution in [2.24, 2.45) is 11.7 Å². The minimum absolute atomic E-state index is 0.0737. The van der Waals surface area contributed by atoms with Gasteiger partial charge >= 0.3 is 0 Å². The number of rotatable bonds is 6. The Morgan fingerprint density at radius 3 is 2.77 bits per heavy atom. The number of anilines is 1. The van der Waals surface area contributed by atoms with E-state index in [2.05, 4.69) is 46.0 Å². The maximum Gasteiger partial charge on any atom is 0.223 e. The maximum atomic E-state index is 11.4. The lowest BCUT2D eigenvalue weighted by Gasteiger charge is -2.36. The van der Waals surface area contributed by atoms with Crippen LogP contribution in [0.25, 0.3) is 28.2 Å². The number of pyridine rings is 1. The molecule has 10 nitrogen and oxygen atoms in total. The number of hydrogen-bond donors (Lipinski definition) is 2. The number of amides is 1. The molecule has 2 aliphatic heterocycles. The van der Waals surface area contributed by atoms with Gasteiger partial charge in [-0.25, -0.2) is 14.6 Å². The second kappa shape index (κ2) is 8.79. The summed E-state index contributed by atoms with van der Waals surface area (Å²) in [6.45, 7) is 6.99. The highest BCUT2D eigenvalue weighted by atomic mass is 16.5. The molecule has 2 fully saturated rings. The van der Waals surface area contributed by atoms with E-state index in [-0.39, 0.29) is 11.8 Å². The summed E-state index contributed by atoms with van der Waals surface area (Å²) in [5.74, 6) is 1.23. The number of nitrogens with zero attached hydrogens (tertiary/aromatic N) is 6. The third kappa shape index (κ3) is 4.26. The van der Waals surface area contributed by atoms with E-state index in [4.69, 9.17) is 25.5 Å². The Labute approximate surface area is 202 Å². The van der Waals surface area contributed by atoms with E-state index in [1.165, 1.54) is 5.56 Å². The number of imidazole rings is 1. The molecule has 10 heteroatoms. The topological polar surface area (TPSA) is 118 Å². The first-order valence-electron chi connectivity index (χ1n) is 11.9. The lowest BCUT2D eigenvalue weighted by molar-refractivity contribution is -0.127. The molecular weight excluding hydrogens is 444 g/mol. The Bertz CT molecular complexity index is 1380. The molecule has 0 atom stereocenters. The maximum absolute atomic E-state index is 11.4. The molecule has 0 spiro atoms. The van der Waals surface area contributed by atoms with Gasteiger partial charge in [-0.05, 0) is 19.1 Å². The Hall–Kier alpha value is -3.76. The van der Waals surface area contributed by atoms with Crippen molar-refractivity contribution in [1.82, 2.24) is 29.6 Å². The third-order valence-electron chi connectivity index (χ3n) is 6.70. The van der Waals surface area contributed by atoms with Crippen molar-refractivity contribution in [1.29, 1.82) is 0 Å². The number of morpholine rings is 1. The molecule has 3 N–H and O–H groups in total. The molecule has 0 saturated carbocycles. The number of ether oxygens (including phenoxy) is 1. The van der Waals surface area contributed by atoms with Crippen molar-refractivity contribution in [2.75, 3.05) is 44.3 Å². The molecule has 35 heavy (non-hydrogen) atoms. The lowest BCUT2D eigenvalue weighted by Crippen LogP contribution is -2.51. The quantitative estimate of drug-likeness (QED) is 0.440. The summed E-state index contributed by atoms with van der Waals surface area (Å²) in [4.78, 5) is 28.9. The number of aromatic amines is 1. The van der Waals surface area contributed by atoms with Crippen molar-refractivity contribution < 1.29 is 9.53 Å². The SMILES string of the molecule is Cc1cccc(-c2ccn(-c3cc(N4CCOCC4)c4[nH]c(CN5CC(C(N)=O)C5)nc4n3)n2)c1. The minimum Gasteiger partial charge on any atom is -0.378 e. The van der Waals surface area contributed by atoms with Gasteiger partial charge in [0.05, 0.1) is 37.1 Å². The second-order valence-corrected chi connectivity index (χ2v) is 9.29. The molecule has 180 valence electrons. The summed E-state index contributed by atoms with van der Waals surface area (Å²) in [6.07, 6.45) is 1.94. The number of nitrogens with two attached hydrogens (primary N) is 1. The fraction of sp³-hybridized carbons (Fsp3) is 0.360. The summed E-state index contributed by atoms with van der Waals surface area (Å²) in [7, 11) is 0.